The Morgan fingerprint density at radius 1 is 1.17 bits per heavy atom. The van der Waals surface area contributed by atoms with Crippen molar-refractivity contribution in [1.29, 1.82) is 0 Å². The van der Waals surface area contributed by atoms with Gasteiger partial charge in [-0.2, -0.15) is 5.10 Å². The average molecular weight is 310 g/mol. The lowest BCUT2D eigenvalue weighted by Gasteiger charge is -2.11. The lowest BCUT2D eigenvalue weighted by Crippen LogP contribution is -2.25. The van der Waals surface area contributed by atoms with E-state index in [-0.39, 0.29) is 6.61 Å². The molecule has 1 aromatic heterocycles. The van der Waals surface area contributed by atoms with Crippen molar-refractivity contribution in [1.82, 2.24) is 15.2 Å². The van der Waals surface area contributed by atoms with Crippen molar-refractivity contribution in [2.45, 2.75) is 6.10 Å². The third-order valence-corrected chi connectivity index (χ3v) is 3.48. The molecule has 23 heavy (non-hydrogen) atoms. The zero-order chi connectivity index (χ0) is 16.1. The van der Waals surface area contributed by atoms with Gasteiger partial charge in [0.1, 0.15) is 0 Å². The summed E-state index contributed by atoms with van der Waals surface area (Å²) in [5.74, 6) is 0.380. The van der Waals surface area contributed by atoms with E-state index < -0.39 is 6.10 Å². The van der Waals surface area contributed by atoms with Crippen molar-refractivity contribution >= 4 is 16.7 Å². The quantitative estimate of drug-likeness (QED) is 0.726. The number of benzene rings is 2. The third-order valence-electron chi connectivity index (χ3n) is 3.48. The summed E-state index contributed by atoms with van der Waals surface area (Å²) in [6, 6.07) is 14.2. The molecule has 0 radical (unpaired) electrons. The molecule has 6 heteroatoms. The number of fused-ring (bicyclic) bond motifs is 1. The highest BCUT2D eigenvalue weighted by Gasteiger charge is 2.08. The highest BCUT2D eigenvalue weighted by atomic mass is 16.5. The maximum Gasteiger partial charge on any atom is 0.243 e. The van der Waals surface area contributed by atoms with Crippen molar-refractivity contribution in [2.75, 3.05) is 25.6 Å². The molecule has 2 aromatic carbocycles. The van der Waals surface area contributed by atoms with E-state index in [4.69, 9.17) is 4.74 Å². The molecule has 3 aromatic rings. The Morgan fingerprint density at radius 2 is 2.00 bits per heavy atom. The van der Waals surface area contributed by atoms with Gasteiger partial charge in [-0.25, -0.2) is 4.98 Å². The molecule has 0 aliphatic rings. The van der Waals surface area contributed by atoms with Gasteiger partial charge in [-0.1, -0.05) is 42.5 Å². The number of rotatable bonds is 6. The van der Waals surface area contributed by atoms with Gasteiger partial charge in [0.25, 0.3) is 0 Å². The first-order valence-corrected chi connectivity index (χ1v) is 7.36. The van der Waals surface area contributed by atoms with Crippen LogP contribution in [0.3, 0.4) is 0 Å². The molecular weight excluding hydrogens is 292 g/mol. The number of nitrogens with zero attached hydrogens (tertiary/aromatic N) is 3. The molecule has 0 bridgehead atoms. The fraction of sp³-hybridized carbons (Fsp3) is 0.235. The normalized spacial score (nSPS) is 12.3. The van der Waals surface area contributed by atoms with Crippen LogP contribution in [0.15, 0.2) is 48.7 Å². The van der Waals surface area contributed by atoms with Gasteiger partial charge in [-0.15, -0.1) is 5.10 Å². The van der Waals surface area contributed by atoms with E-state index in [0.29, 0.717) is 12.5 Å². The number of nitrogens with one attached hydrogen (secondary N) is 1. The highest BCUT2D eigenvalue weighted by molar-refractivity contribution is 5.95. The van der Waals surface area contributed by atoms with Crippen LogP contribution in [0.25, 0.3) is 22.0 Å². The Morgan fingerprint density at radius 3 is 2.87 bits per heavy atom. The summed E-state index contributed by atoms with van der Waals surface area (Å²) < 4.78 is 4.89. The van der Waals surface area contributed by atoms with Crippen LogP contribution in [0, 0.1) is 0 Å². The van der Waals surface area contributed by atoms with Crippen LogP contribution in [-0.2, 0) is 4.74 Å². The Labute approximate surface area is 134 Å². The number of hydrogen-bond donors (Lipinski definition) is 2. The van der Waals surface area contributed by atoms with E-state index in [0.717, 1.165) is 22.0 Å². The van der Waals surface area contributed by atoms with Gasteiger partial charge < -0.3 is 15.2 Å². The fourth-order valence-electron chi connectivity index (χ4n) is 2.42. The summed E-state index contributed by atoms with van der Waals surface area (Å²) in [6.07, 6.45) is 1.02. The van der Waals surface area contributed by atoms with E-state index >= 15 is 0 Å². The Kier molecular flexibility index (Phi) is 4.75. The van der Waals surface area contributed by atoms with Crippen LogP contribution in [0.4, 0.5) is 5.95 Å². The van der Waals surface area contributed by atoms with Crippen LogP contribution >= 0.6 is 0 Å². The number of hydrogen-bond acceptors (Lipinski definition) is 6. The van der Waals surface area contributed by atoms with Gasteiger partial charge in [0.2, 0.25) is 5.95 Å². The van der Waals surface area contributed by atoms with Crippen LogP contribution in [0.1, 0.15) is 0 Å². The molecule has 0 saturated heterocycles. The first-order valence-electron chi connectivity index (χ1n) is 7.36. The summed E-state index contributed by atoms with van der Waals surface area (Å²) in [5, 5.41) is 22.9. The predicted octanol–water partition coefficient (Wildman–Crippen LogP) is 2.11. The van der Waals surface area contributed by atoms with Crippen LogP contribution in [-0.4, -0.2) is 46.7 Å². The first kappa shape index (κ1) is 15.3. The van der Waals surface area contributed by atoms with Gasteiger partial charge in [-0.3, -0.25) is 0 Å². The average Bonchev–Trinajstić information content (AvgIpc) is 2.60. The minimum atomic E-state index is -0.621. The Balaban J connectivity index is 1.87. The minimum absolute atomic E-state index is 0.253. The SMILES string of the molecule is COCC(O)CNc1nncc(-c2cccc3ccccc23)n1. The second-order valence-corrected chi connectivity index (χ2v) is 5.18. The summed E-state index contributed by atoms with van der Waals surface area (Å²) in [7, 11) is 1.54. The van der Waals surface area contributed by atoms with Crippen LogP contribution < -0.4 is 5.32 Å². The summed E-state index contributed by atoms with van der Waals surface area (Å²) in [4.78, 5) is 4.49. The Bertz CT molecular complexity index is 789. The topological polar surface area (TPSA) is 80.2 Å². The van der Waals surface area contributed by atoms with Crippen molar-refractivity contribution in [2.24, 2.45) is 0 Å². The number of aliphatic hydroxyl groups excluding tert-OH is 1. The predicted molar refractivity (Wildman–Crippen MR) is 89.1 cm³/mol. The summed E-state index contributed by atoms with van der Waals surface area (Å²) >= 11 is 0. The molecule has 0 amide bonds. The number of aliphatic hydroxyl groups is 1. The smallest absolute Gasteiger partial charge is 0.243 e. The van der Waals surface area contributed by atoms with Crippen molar-refractivity contribution in [3.8, 4) is 11.3 Å². The number of aromatic nitrogens is 3. The lowest BCUT2D eigenvalue weighted by atomic mass is 10.0. The van der Waals surface area contributed by atoms with Crippen molar-refractivity contribution < 1.29 is 9.84 Å². The molecule has 0 spiro atoms. The van der Waals surface area contributed by atoms with Gasteiger partial charge >= 0.3 is 0 Å². The van der Waals surface area contributed by atoms with Crippen molar-refractivity contribution in [3.05, 3.63) is 48.7 Å². The number of methoxy groups -OCH3 is 1. The molecule has 1 heterocycles. The molecule has 0 saturated carbocycles. The summed E-state index contributed by atoms with van der Waals surface area (Å²) in [6.45, 7) is 0.554. The molecule has 1 atom stereocenters. The molecule has 1 unspecified atom stereocenters. The maximum absolute atomic E-state index is 9.67. The molecule has 0 aliphatic heterocycles. The third kappa shape index (κ3) is 3.61. The molecule has 0 fully saturated rings. The zero-order valence-electron chi connectivity index (χ0n) is 12.8. The standard InChI is InChI=1S/C17H18N4O2/c1-23-11-13(22)9-18-17-20-16(10-19-21-17)15-8-4-6-12-5-2-3-7-14(12)15/h2-8,10,13,22H,9,11H2,1H3,(H,18,20,21). The van der Waals surface area contributed by atoms with E-state index in [2.05, 4.69) is 38.7 Å². The zero-order valence-corrected chi connectivity index (χ0v) is 12.8. The van der Waals surface area contributed by atoms with Gasteiger partial charge in [-0.05, 0) is 10.8 Å². The first-order chi connectivity index (χ1) is 11.3. The fourth-order valence-corrected chi connectivity index (χ4v) is 2.42. The second-order valence-electron chi connectivity index (χ2n) is 5.18. The van der Waals surface area contributed by atoms with Crippen LogP contribution in [0.2, 0.25) is 0 Å². The minimum Gasteiger partial charge on any atom is -0.389 e. The largest absolute Gasteiger partial charge is 0.389 e. The number of ether oxygens (including phenoxy) is 1. The Hall–Kier alpha value is -2.57. The van der Waals surface area contributed by atoms with E-state index in [1.807, 2.05) is 24.3 Å². The van der Waals surface area contributed by atoms with E-state index in [1.54, 1.807) is 13.3 Å². The van der Waals surface area contributed by atoms with E-state index in [1.165, 1.54) is 0 Å². The molecular formula is C17H18N4O2. The van der Waals surface area contributed by atoms with E-state index in [9.17, 15) is 5.11 Å². The van der Waals surface area contributed by atoms with Crippen molar-refractivity contribution in [3.63, 3.8) is 0 Å². The highest BCUT2D eigenvalue weighted by Crippen LogP contribution is 2.26. The number of anilines is 1. The van der Waals surface area contributed by atoms with Gasteiger partial charge in [0.05, 0.1) is 24.6 Å². The maximum atomic E-state index is 9.67. The molecule has 2 N–H and O–H groups in total. The van der Waals surface area contributed by atoms with Crippen LogP contribution in [0.5, 0.6) is 0 Å². The molecule has 3 rings (SSSR count). The monoisotopic (exact) mass is 310 g/mol. The molecule has 6 nitrogen and oxygen atoms in total. The molecule has 0 aliphatic carbocycles. The van der Waals surface area contributed by atoms with Gasteiger partial charge in [0, 0.05) is 19.2 Å². The lowest BCUT2D eigenvalue weighted by molar-refractivity contribution is 0.0726. The van der Waals surface area contributed by atoms with Gasteiger partial charge in [0.15, 0.2) is 0 Å². The summed E-state index contributed by atoms with van der Waals surface area (Å²) in [5.41, 5.74) is 1.74. The second kappa shape index (κ2) is 7.13. The molecule has 118 valence electrons.